The molecule has 0 aromatic heterocycles. The lowest BCUT2D eigenvalue weighted by Crippen LogP contribution is -2.25. The van der Waals surface area contributed by atoms with Gasteiger partial charge in [-0.05, 0) is 77.6 Å². The van der Waals surface area contributed by atoms with E-state index in [9.17, 15) is 23.2 Å². The highest BCUT2D eigenvalue weighted by molar-refractivity contribution is 5.94. The highest BCUT2D eigenvalue weighted by atomic mass is 19.4. The summed E-state index contributed by atoms with van der Waals surface area (Å²) < 4.78 is 48.4. The lowest BCUT2D eigenvalue weighted by Gasteiger charge is -2.18. The third-order valence-electron chi connectivity index (χ3n) is 7.10. The van der Waals surface area contributed by atoms with Gasteiger partial charge in [0.2, 0.25) is 0 Å². The van der Waals surface area contributed by atoms with E-state index in [2.05, 4.69) is 15.5 Å². The molecule has 0 heterocycles. The zero-order valence-corrected chi connectivity index (χ0v) is 24.0. The highest BCUT2D eigenvalue weighted by Crippen LogP contribution is 2.32. The molecule has 1 amide bonds. The number of rotatable bonds is 12. The molecule has 0 saturated heterocycles. The van der Waals surface area contributed by atoms with Crippen LogP contribution in [0.1, 0.15) is 33.1 Å². The van der Waals surface area contributed by atoms with Crippen molar-refractivity contribution < 1.29 is 32.6 Å². The molecule has 5 aromatic carbocycles. The summed E-state index contributed by atoms with van der Waals surface area (Å²) in [7, 11) is 0. The highest BCUT2D eigenvalue weighted by Gasteiger charge is 2.33. The molecular formula is C36H29F3N2O4. The van der Waals surface area contributed by atoms with E-state index < -0.39 is 18.2 Å². The number of nitrogens with zero attached hydrogens (tertiary/aromatic N) is 1. The molecule has 0 aliphatic heterocycles. The van der Waals surface area contributed by atoms with E-state index in [-0.39, 0.29) is 17.9 Å². The number of hydrogen-bond donors (Lipinski definition) is 1. The predicted molar refractivity (Wildman–Crippen MR) is 163 cm³/mol. The second-order valence-corrected chi connectivity index (χ2v) is 10.3. The average Bonchev–Trinajstić information content (AvgIpc) is 3.05. The number of para-hydroxylation sites is 2. The van der Waals surface area contributed by atoms with Crippen LogP contribution in [-0.4, -0.2) is 18.8 Å². The van der Waals surface area contributed by atoms with E-state index in [0.29, 0.717) is 18.5 Å². The number of ether oxygens (including phenoxy) is 2. The van der Waals surface area contributed by atoms with Crippen LogP contribution in [0.15, 0.2) is 127 Å². The van der Waals surface area contributed by atoms with Gasteiger partial charge in [0.15, 0.2) is 0 Å². The van der Waals surface area contributed by atoms with Gasteiger partial charge in [-0.1, -0.05) is 90.4 Å². The van der Waals surface area contributed by atoms with Gasteiger partial charge >= 0.3 is 6.36 Å². The van der Waals surface area contributed by atoms with Crippen molar-refractivity contribution >= 4 is 5.91 Å². The minimum absolute atomic E-state index is 0.0640. The molecule has 1 unspecified atom stereocenters. The molecule has 9 heteroatoms. The van der Waals surface area contributed by atoms with Gasteiger partial charge in [-0.3, -0.25) is 4.79 Å². The predicted octanol–water partition coefficient (Wildman–Crippen LogP) is 8.25. The van der Waals surface area contributed by atoms with Crippen molar-refractivity contribution in [1.29, 1.82) is 0 Å². The fraction of sp³-hybridized carbons (Fsp3) is 0.139. The van der Waals surface area contributed by atoms with Crippen LogP contribution >= 0.6 is 0 Å². The quantitative estimate of drug-likeness (QED) is 0.145. The van der Waals surface area contributed by atoms with Crippen LogP contribution in [0.4, 0.5) is 13.2 Å². The molecule has 0 bridgehead atoms. The van der Waals surface area contributed by atoms with Crippen molar-refractivity contribution in [3.05, 3.63) is 150 Å². The summed E-state index contributed by atoms with van der Waals surface area (Å²) in [5.74, 6) is 0.887. The first-order valence-corrected chi connectivity index (χ1v) is 14.2. The Bertz CT molecular complexity index is 1680. The molecule has 5 aromatic rings. The number of nitrogens with one attached hydrogen (secondary N) is 1. The Morgan fingerprint density at radius 3 is 1.93 bits per heavy atom. The van der Waals surface area contributed by atoms with Crippen LogP contribution in [0.2, 0.25) is 0 Å². The van der Waals surface area contributed by atoms with Crippen LogP contribution in [-0.2, 0) is 18.0 Å². The monoisotopic (exact) mass is 610 g/mol. The molecule has 228 valence electrons. The van der Waals surface area contributed by atoms with Crippen molar-refractivity contribution in [3.63, 3.8) is 0 Å². The smallest absolute Gasteiger partial charge is 0.457 e. The maximum absolute atomic E-state index is 12.8. The topological polar surface area (TPSA) is 81.6 Å². The Hall–Kier alpha value is -5.12. The first-order valence-electron chi connectivity index (χ1n) is 14.2. The van der Waals surface area contributed by atoms with E-state index in [4.69, 9.17) is 4.74 Å². The molecule has 0 aliphatic carbocycles. The number of hydrogen-bond acceptors (Lipinski definition) is 3. The van der Waals surface area contributed by atoms with Crippen molar-refractivity contribution in [1.82, 2.24) is 10.8 Å². The van der Waals surface area contributed by atoms with E-state index >= 15 is 0 Å². The average molecular weight is 611 g/mol. The Morgan fingerprint density at radius 2 is 1.29 bits per heavy atom. The van der Waals surface area contributed by atoms with Gasteiger partial charge in [-0.2, -0.15) is 0 Å². The number of amides is 1. The third kappa shape index (κ3) is 8.95. The first-order chi connectivity index (χ1) is 21.8. The Labute approximate surface area is 259 Å². The number of benzene rings is 5. The normalized spacial score (nSPS) is 11.9. The lowest BCUT2D eigenvalue weighted by atomic mass is 9.96. The van der Waals surface area contributed by atoms with Crippen molar-refractivity contribution in [2.24, 2.45) is 0 Å². The van der Waals surface area contributed by atoms with Gasteiger partial charge in [0.25, 0.3) is 5.91 Å². The fourth-order valence-corrected chi connectivity index (χ4v) is 4.82. The fourth-order valence-electron chi connectivity index (χ4n) is 4.82. The van der Waals surface area contributed by atoms with E-state index in [1.54, 1.807) is 24.3 Å². The summed E-state index contributed by atoms with van der Waals surface area (Å²) in [5, 5.41) is 14.5. The summed E-state index contributed by atoms with van der Waals surface area (Å²) in [6.07, 6.45) is -4.11. The Kier molecular flexibility index (Phi) is 10.1. The van der Waals surface area contributed by atoms with Gasteiger partial charge in [0.05, 0.1) is 6.04 Å². The van der Waals surface area contributed by atoms with Gasteiger partial charge in [-0.25, -0.2) is 0 Å². The van der Waals surface area contributed by atoms with E-state index in [0.717, 1.165) is 39.8 Å². The molecule has 5 rings (SSSR count). The second kappa shape index (κ2) is 14.6. The zero-order chi connectivity index (χ0) is 31.6. The molecular weight excluding hydrogens is 581 g/mol. The maximum atomic E-state index is 12.8. The van der Waals surface area contributed by atoms with Gasteiger partial charge in [-0.15, -0.1) is 18.4 Å². The summed E-state index contributed by atoms with van der Waals surface area (Å²) in [6, 6.07) is 36.2. The largest absolute Gasteiger partial charge is 0.573 e. The van der Waals surface area contributed by atoms with E-state index in [1.807, 2.05) is 78.9 Å². The molecule has 0 saturated carbocycles. The summed E-state index contributed by atoms with van der Waals surface area (Å²) in [5.41, 5.74) is 7.21. The van der Waals surface area contributed by atoms with Crippen LogP contribution in [0, 0.1) is 0 Å². The Balaban J connectivity index is 1.13. The summed E-state index contributed by atoms with van der Waals surface area (Å²) in [6.45, 7) is 0.477. The van der Waals surface area contributed by atoms with Crippen molar-refractivity contribution in [2.45, 2.75) is 25.2 Å². The van der Waals surface area contributed by atoms with Crippen LogP contribution < -0.4 is 20.3 Å². The minimum Gasteiger partial charge on any atom is -0.457 e. The molecule has 1 atom stereocenters. The van der Waals surface area contributed by atoms with Crippen molar-refractivity contribution in [2.75, 3.05) is 6.54 Å². The van der Waals surface area contributed by atoms with E-state index in [1.165, 1.54) is 18.2 Å². The molecule has 0 spiro atoms. The molecule has 1 N–H and O–H groups in total. The third-order valence-corrected chi connectivity index (χ3v) is 7.10. The SMILES string of the molecule is [O][N]C(Cc1ccc(-c2ccc(C(=O)NCCc3ccc(Oc4ccccc4)cc3)cc2)cc1)c1ccccc1OC(F)(F)F. The zero-order valence-electron chi connectivity index (χ0n) is 24.0. The van der Waals surface area contributed by atoms with Crippen LogP contribution in [0.25, 0.3) is 11.1 Å². The minimum atomic E-state index is -4.88. The molecule has 6 nitrogen and oxygen atoms in total. The van der Waals surface area contributed by atoms with Gasteiger partial charge in [0, 0.05) is 17.7 Å². The number of carbonyl (C=O) groups is 1. The number of hydroxylamine groups is 1. The van der Waals surface area contributed by atoms with Gasteiger partial charge in [0.1, 0.15) is 17.2 Å². The number of halogens is 3. The van der Waals surface area contributed by atoms with Crippen LogP contribution in [0.5, 0.6) is 17.2 Å². The molecule has 45 heavy (non-hydrogen) atoms. The molecule has 0 fully saturated rings. The molecule has 0 aliphatic rings. The summed E-state index contributed by atoms with van der Waals surface area (Å²) in [4.78, 5) is 12.7. The number of alkyl halides is 3. The first kappa shape index (κ1) is 31.3. The van der Waals surface area contributed by atoms with Crippen LogP contribution in [0.3, 0.4) is 0 Å². The lowest BCUT2D eigenvalue weighted by molar-refractivity contribution is -0.275. The maximum Gasteiger partial charge on any atom is 0.573 e. The number of carbonyl (C=O) groups excluding carboxylic acids is 1. The second-order valence-electron chi connectivity index (χ2n) is 10.3. The standard InChI is InChI=1S/C36H29F3N2O4/c37-36(38,39)45-34-9-5-4-8-32(34)33(41-43)24-26-10-14-27(15-11-26)28-16-18-29(19-17-28)35(42)40-23-22-25-12-20-31(21-13-25)44-30-6-2-1-3-7-30/h1-21,33H,22-24H2,(H,40,42). The van der Waals surface area contributed by atoms with Crippen molar-refractivity contribution in [3.8, 4) is 28.4 Å². The summed E-state index contributed by atoms with van der Waals surface area (Å²) >= 11 is 0. The van der Waals surface area contributed by atoms with Gasteiger partial charge < -0.3 is 14.8 Å². The molecule has 2 radical (unpaired) electrons. The Morgan fingerprint density at radius 1 is 0.711 bits per heavy atom.